The normalized spacial score (nSPS) is 13.7. The van der Waals surface area contributed by atoms with E-state index < -0.39 is 29.3 Å². The maximum absolute atomic E-state index is 13.2. The number of fused-ring (bicyclic) bond motifs is 1. The van der Waals surface area contributed by atoms with Crippen molar-refractivity contribution >= 4 is 34.7 Å². The number of alkyl halides is 3. The molecule has 1 aliphatic rings. The second kappa shape index (κ2) is 10.00. The Kier molecular flexibility index (Phi) is 6.85. The summed E-state index contributed by atoms with van der Waals surface area (Å²) in [6.45, 7) is 0.355. The van der Waals surface area contributed by atoms with Gasteiger partial charge in [-0.2, -0.15) is 13.2 Å². The van der Waals surface area contributed by atoms with Crippen molar-refractivity contribution in [3.8, 4) is 0 Å². The molecule has 35 heavy (non-hydrogen) atoms. The van der Waals surface area contributed by atoms with Crippen LogP contribution in [0, 0.1) is 5.82 Å². The topological polar surface area (TPSA) is 95.2 Å². The molecule has 0 unspecified atom stereocenters. The highest BCUT2D eigenvalue weighted by Gasteiger charge is 2.34. The number of hydrogen-bond donors (Lipinski definition) is 4. The fraction of sp³-hybridized carbons (Fsp3) is 0.208. The maximum Gasteiger partial charge on any atom is 0.418 e. The van der Waals surface area contributed by atoms with Crippen LogP contribution >= 0.6 is 0 Å². The van der Waals surface area contributed by atoms with E-state index in [1.54, 1.807) is 36.5 Å². The van der Waals surface area contributed by atoms with Crippen molar-refractivity contribution in [2.45, 2.75) is 32.0 Å². The molecule has 4 N–H and O–H groups in total. The van der Waals surface area contributed by atoms with Gasteiger partial charge < -0.3 is 21.3 Å². The van der Waals surface area contributed by atoms with E-state index in [4.69, 9.17) is 0 Å². The number of carbonyl (C=O) groups is 2. The number of nitrogens with one attached hydrogen (secondary N) is 4. The first kappa shape index (κ1) is 24.0. The van der Waals surface area contributed by atoms with Gasteiger partial charge in [0.25, 0.3) is 0 Å². The second-order valence-electron chi connectivity index (χ2n) is 7.88. The van der Waals surface area contributed by atoms with Gasteiger partial charge in [0.2, 0.25) is 5.91 Å². The van der Waals surface area contributed by atoms with Gasteiger partial charge in [-0.15, -0.1) is 0 Å². The lowest BCUT2D eigenvalue weighted by atomic mass is 10.0. The quantitative estimate of drug-likeness (QED) is 0.362. The molecule has 0 radical (unpaired) electrons. The molecule has 3 aromatic rings. The molecule has 3 amide bonds. The third-order valence-corrected chi connectivity index (χ3v) is 5.38. The van der Waals surface area contributed by atoms with Gasteiger partial charge in [-0.1, -0.05) is 0 Å². The van der Waals surface area contributed by atoms with E-state index in [0.29, 0.717) is 43.2 Å². The minimum absolute atomic E-state index is 0.0119. The fourth-order valence-corrected chi connectivity index (χ4v) is 3.69. The summed E-state index contributed by atoms with van der Waals surface area (Å²) in [5.41, 5.74) is 1.76. The fourth-order valence-electron chi connectivity index (χ4n) is 3.69. The number of rotatable bonds is 4. The van der Waals surface area contributed by atoms with Gasteiger partial charge in [-0.25, -0.2) is 9.18 Å². The van der Waals surface area contributed by atoms with E-state index in [2.05, 4.69) is 26.3 Å². The highest BCUT2D eigenvalue weighted by molar-refractivity contribution is 6.00. The van der Waals surface area contributed by atoms with Gasteiger partial charge in [-0.05, 0) is 61.4 Å². The van der Waals surface area contributed by atoms with Crippen LogP contribution in [0.25, 0.3) is 0 Å². The number of carbonyl (C=O) groups excluding carboxylic acids is 2. The van der Waals surface area contributed by atoms with Crippen LogP contribution in [0.4, 0.5) is 45.1 Å². The van der Waals surface area contributed by atoms with E-state index in [-0.39, 0.29) is 5.91 Å². The summed E-state index contributed by atoms with van der Waals surface area (Å²) < 4.78 is 52.6. The number of pyridine rings is 1. The van der Waals surface area contributed by atoms with Gasteiger partial charge in [0.1, 0.15) is 5.82 Å². The molecule has 0 saturated heterocycles. The highest BCUT2D eigenvalue weighted by atomic mass is 19.4. The molecule has 0 saturated carbocycles. The summed E-state index contributed by atoms with van der Waals surface area (Å²) in [4.78, 5) is 28.4. The molecule has 0 fully saturated rings. The van der Waals surface area contributed by atoms with Crippen molar-refractivity contribution in [3.63, 3.8) is 0 Å². The number of anilines is 4. The zero-order valence-corrected chi connectivity index (χ0v) is 18.3. The van der Waals surface area contributed by atoms with Crippen molar-refractivity contribution in [2.75, 3.05) is 16.0 Å². The van der Waals surface area contributed by atoms with Crippen LogP contribution in [0.15, 0.2) is 54.7 Å². The molecule has 1 aliphatic heterocycles. The van der Waals surface area contributed by atoms with E-state index in [9.17, 15) is 27.2 Å². The van der Waals surface area contributed by atoms with Crippen molar-refractivity contribution in [2.24, 2.45) is 0 Å². The van der Waals surface area contributed by atoms with Crippen molar-refractivity contribution in [3.05, 3.63) is 77.4 Å². The summed E-state index contributed by atoms with van der Waals surface area (Å²) in [5.74, 6) is -1.07. The summed E-state index contributed by atoms with van der Waals surface area (Å²) in [6.07, 6.45) is -1.28. The second-order valence-corrected chi connectivity index (χ2v) is 7.88. The molecule has 11 heteroatoms. The molecule has 4 rings (SSSR count). The first-order valence-electron chi connectivity index (χ1n) is 10.7. The molecule has 2 aromatic carbocycles. The van der Waals surface area contributed by atoms with Gasteiger partial charge in [-0.3, -0.25) is 9.78 Å². The Hall–Kier alpha value is -4.15. The van der Waals surface area contributed by atoms with E-state index in [0.717, 1.165) is 29.1 Å². The van der Waals surface area contributed by atoms with Gasteiger partial charge in [0, 0.05) is 47.5 Å². The number of aryl methyl sites for hydroxylation is 1. The van der Waals surface area contributed by atoms with Crippen molar-refractivity contribution in [1.82, 2.24) is 10.3 Å². The van der Waals surface area contributed by atoms with Crippen molar-refractivity contribution < 1.29 is 27.2 Å². The third-order valence-electron chi connectivity index (χ3n) is 5.38. The highest BCUT2D eigenvalue weighted by Crippen LogP contribution is 2.35. The molecule has 0 aliphatic carbocycles. The Morgan fingerprint density at radius 3 is 2.43 bits per heavy atom. The zero-order valence-electron chi connectivity index (χ0n) is 18.3. The monoisotopic (exact) mass is 487 g/mol. The molecule has 2 heterocycles. The number of urea groups is 1. The summed E-state index contributed by atoms with van der Waals surface area (Å²) in [6, 6.07) is 9.41. The Balaban J connectivity index is 1.43. The molecule has 0 bridgehead atoms. The molecule has 1 aromatic heterocycles. The lowest BCUT2D eigenvalue weighted by molar-refractivity contribution is -0.137. The number of aromatic nitrogens is 1. The van der Waals surface area contributed by atoms with Crippen LogP contribution in [-0.2, 0) is 23.9 Å². The number of nitrogens with zero attached hydrogens (tertiary/aromatic N) is 1. The van der Waals surface area contributed by atoms with Crippen LogP contribution in [0.1, 0.15) is 29.7 Å². The number of hydrogen-bond acceptors (Lipinski definition) is 4. The van der Waals surface area contributed by atoms with Gasteiger partial charge >= 0.3 is 12.2 Å². The summed E-state index contributed by atoms with van der Waals surface area (Å²) in [5, 5.41) is 10.7. The predicted octanol–water partition coefficient (Wildman–Crippen LogP) is 5.58. The zero-order chi connectivity index (χ0) is 25.0. The lowest BCUT2D eigenvalue weighted by Gasteiger charge is -2.18. The number of halogens is 4. The van der Waals surface area contributed by atoms with Gasteiger partial charge in [0.05, 0.1) is 11.3 Å². The van der Waals surface area contributed by atoms with Crippen LogP contribution < -0.4 is 21.3 Å². The molecule has 0 spiro atoms. The average Bonchev–Trinajstić information content (AvgIpc) is 2.79. The molecule has 7 nitrogen and oxygen atoms in total. The summed E-state index contributed by atoms with van der Waals surface area (Å²) in [7, 11) is 0. The van der Waals surface area contributed by atoms with E-state index in [1.807, 2.05) is 0 Å². The number of benzene rings is 2. The van der Waals surface area contributed by atoms with Crippen molar-refractivity contribution in [1.29, 1.82) is 0 Å². The lowest BCUT2D eigenvalue weighted by Crippen LogP contribution is -2.26. The Morgan fingerprint density at radius 2 is 1.69 bits per heavy atom. The van der Waals surface area contributed by atoms with Crippen LogP contribution in [0.3, 0.4) is 0 Å². The SMILES string of the molecule is O=C1CCCc2nccc(Nc3ccc(NC(=O)Nc4ccc(F)cc4C(F)(F)F)cc3)c2CN1. The van der Waals surface area contributed by atoms with Crippen LogP contribution in [-0.4, -0.2) is 16.9 Å². The minimum atomic E-state index is -4.83. The molecular formula is C24H21F4N5O2. The Labute approximate surface area is 197 Å². The first-order valence-corrected chi connectivity index (χ1v) is 10.7. The molecule has 182 valence electrons. The standard InChI is InChI=1S/C24H21F4N5O2/c25-14-4-9-21(18(12-14)24(26,27)28)33-23(35)32-16-7-5-15(6-8-16)31-20-10-11-29-19-2-1-3-22(34)30-13-17(19)20/h4-12H,1-3,13H2,(H,29,31)(H,30,34)(H2,32,33,35). The Bertz CT molecular complexity index is 1250. The Morgan fingerprint density at radius 1 is 0.943 bits per heavy atom. The smallest absolute Gasteiger partial charge is 0.355 e. The minimum Gasteiger partial charge on any atom is -0.355 e. The number of amides is 3. The molecule has 0 atom stereocenters. The van der Waals surface area contributed by atoms with Crippen LogP contribution in [0.5, 0.6) is 0 Å². The van der Waals surface area contributed by atoms with E-state index >= 15 is 0 Å². The first-order chi connectivity index (χ1) is 16.7. The maximum atomic E-state index is 13.2. The molecular weight excluding hydrogens is 466 g/mol. The third kappa shape index (κ3) is 6.05. The average molecular weight is 487 g/mol. The van der Waals surface area contributed by atoms with E-state index in [1.165, 1.54) is 0 Å². The largest absolute Gasteiger partial charge is 0.418 e. The van der Waals surface area contributed by atoms with Gasteiger partial charge in [0.15, 0.2) is 0 Å². The van der Waals surface area contributed by atoms with Crippen LogP contribution in [0.2, 0.25) is 0 Å². The summed E-state index contributed by atoms with van der Waals surface area (Å²) >= 11 is 0. The predicted molar refractivity (Wildman–Crippen MR) is 123 cm³/mol.